The van der Waals surface area contributed by atoms with Crippen molar-refractivity contribution < 1.29 is 23.1 Å². The Labute approximate surface area is 80.1 Å². The largest absolute Gasteiger partial charge is 0.465 e. The van der Waals surface area contributed by atoms with Crippen molar-refractivity contribution >= 4 is 11.8 Å². The molecule has 0 atom stereocenters. The van der Waals surface area contributed by atoms with Gasteiger partial charge in [0.05, 0.1) is 7.11 Å². The number of carbonyl (C=O) groups excluding carboxylic acids is 2. The van der Waals surface area contributed by atoms with E-state index >= 15 is 0 Å². The summed E-state index contributed by atoms with van der Waals surface area (Å²) >= 11 is 0. The molecule has 0 amide bonds. The molecule has 80 valence electrons. The Morgan fingerprint density at radius 1 is 1.36 bits per heavy atom. The van der Waals surface area contributed by atoms with Gasteiger partial charge in [-0.25, -0.2) is 13.6 Å². The van der Waals surface area contributed by atoms with Gasteiger partial charge in [-0.15, -0.1) is 0 Å². The van der Waals surface area contributed by atoms with Crippen LogP contribution in [0.2, 0.25) is 0 Å². The van der Waals surface area contributed by atoms with E-state index < -0.39 is 23.8 Å². The monoisotopic (exact) mass is 207 g/mol. The Hall–Kier alpha value is -1.46. The number of alkyl halides is 2. The molecule has 0 fully saturated rings. The van der Waals surface area contributed by atoms with Crippen LogP contribution in [0.5, 0.6) is 0 Å². The summed E-state index contributed by atoms with van der Waals surface area (Å²) in [6.45, 7) is 0. The van der Waals surface area contributed by atoms with Gasteiger partial charge in [-0.3, -0.25) is 4.79 Å². The predicted molar refractivity (Wildman–Crippen MR) is 44.8 cm³/mol. The third-order valence-corrected chi connectivity index (χ3v) is 1.26. The van der Waals surface area contributed by atoms with E-state index in [1.165, 1.54) is 19.0 Å². The second kappa shape index (κ2) is 5.31. The van der Waals surface area contributed by atoms with E-state index in [0.29, 0.717) is 0 Å². The zero-order valence-electron chi connectivity index (χ0n) is 8.08. The molecule has 0 aliphatic heterocycles. The third kappa shape index (κ3) is 3.51. The molecular formula is C8H11F2NO3. The average molecular weight is 207 g/mol. The minimum atomic E-state index is -3.21. The SMILES string of the molecule is COC(=O)/C(=C/N(C)C)C(=O)C(F)F. The van der Waals surface area contributed by atoms with Crippen LogP contribution in [0.15, 0.2) is 11.8 Å². The van der Waals surface area contributed by atoms with Gasteiger partial charge in [0.15, 0.2) is 0 Å². The van der Waals surface area contributed by atoms with E-state index in [-0.39, 0.29) is 0 Å². The van der Waals surface area contributed by atoms with Gasteiger partial charge in [-0.2, -0.15) is 0 Å². The molecular weight excluding hydrogens is 196 g/mol. The quantitative estimate of drug-likeness (QED) is 0.290. The fraction of sp³-hybridized carbons (Fsp3) is 0.500. The summed E-state index contributed by atoms with van der Waals surface area (Å²) in [4.78, 5) is 23.1. The Morgan fingerprint density at radius 3 is 2.14 bits per heavy atom. The summed E-state index contributed by atoms with van der Waals surface area (Å²) in [6.07, 6.45) is -2.21. The molecule has 0 saturated heterocycles. The van der Waals surface area contributed by atoms with Crippen molar-refractivity contribution in [2.45, 2.75) is 6.43 Å². The van der Waals surface area contributed by atoms with Crippen molar-refractivity contribution in [3.8, 4) is 0 Å². The molecule has 0 rings (SSSR count). The number of carbonyl (C=O) groups is 2. The molecule has 6 heteroatoms. The van der Waals surface area contributed by atoms with Gasteiger partial charge in [0.2, 0.25) is 5.78 Å². The number of rotatable bonds is 4. The van der Waals surface area contributed by atoms with Gasteiger partial charge < -0.3 is 9.64 Å². The molecule has 0 aliphatic rings. The topological polar surface area (TPSA) is 46.6 Å². The number of ether oxygens (including phenoxy) is 1. The number of hydrogen-bond donors (Lipinski definition) is 0. The molecule has 14 heavy (non-hydrogen) atoms. The molecule has 0 aromatic heterocycles. The summed E-state index contributed by atoms with van der Waals surface area (Å²) in [5.74, 6) is -2.60. The summed E-state index contributed by atoms with van der Waals surface area (Å²) in [5.41, 5.74) is -0.660. The molecule has 0 N–H and O–H groups in total. The number of halogens is 2. The standard InChI is InChI=1S/C8H11F2NO3/c1-11(2)4-5(8(13)14-3)6(12)7(9)10/h4,7H,1-3H3/b5-4+. The predicted octanol–water partition coefficient (Wildman–Crippen LogP) is 0.439. The Balaban J connectivity index is 4.92. The van der Waals surface area contributed by atoms with Gasteiger partial charge >= 0.3 is 12.4 Å². The summed E-state index contributed by atoms with van der Waals surface area (Å²) in [6, 6.07) is 0. The molecule has 0 bridgehead atoms. The first-order valence-electron chi connectivity index (χ1n) is 3.69. The summed E-state index contributed by atoms with van der Waals surface area (Å²) in [5, 5.41) is 0. The van der Waals surface area contributed by atoms with Crippen molar-refractivity contribution in [2.75, 3.05) is 21.2 Å². The van der Waals surface area contributed by atoms with Gasteiger partial charge in [0.1, 0.15) is 5.57 Å². The van der Waals surface area contributed by atoms with Gasteiger partial charge in [0.25, 0.3) is 0 Å². The maximum Gasteiger partial charge on any atom is 0.343 e. The van der Waals surface area contributed by atoms with Crippen LogP contribution in [0.4, 0.5) is 8.78 Å². The maximum absolute atomic E-state index is 12.0. The molecule has 0 saturated carbocycles. The van der Waals surface area contributed by atoms with E-state index in [9.17, 15) is 18.4 Å². The van der Waals surface area contributed by atoms with Crippen molar-refractivity contribution in [3.05, 3.63) is 11.8 Å². The summed E-state index contributed by atoms with van der Waals surface area (Å²) < 4.78 is 28.2. The van der Waals surface area contributed by atoms with Crippen LogP contribution in [0.1, 0.15) is 0 Å². The third-order valence-electron chi connectivity index (χ3n) is 1.26. The second-order valence-electron chi connectivity index (χ2n) is 2.66. The molecule has 0 heterocycles. The zero-order chi connectivity index (χ0) is 11.3. The number of methoxy groups -OCH3 is 1. The van der Waals surface area contributed by atoms with E-state index in [4.69, 9.17) is 0 Å². The lowest BCUT2D eigenvalue weighted by Gasteiger charge is -2.08. The van der Waals surface area contributed by atoms with Crippen LogP contribution in [0.25, 0.3) is 0 Å². The minimum absolute atomic E-state index is 0.660. The number of ketones is 1. The van der Waals surface area contributed by atoms with Crippen LogP contribution in [-0.4, -0.2) is 44.3 Å². The molecule has 0 radical (unpaired) electrons. The second-order valence-corrected chi connectivity index (χ2v) is 2.66. The van der Waals surface area contributed by atoms with Crippen molar-refractivity contribution in [3.63, 3.8) is 0 Å². The van der Waals surface area contributed by atoms with Crippen LogP contribution < -0.4 is 0 Å². The lowest BCUT2D eigenvalue weighted by Crippen LogP contribution is -2.23. The Bertz CT molecular complexity index is 261. The van der Waals surface area contributed by atoms with Crippen LogP contribution in [-0.2, 0) is 14.3 Å². The molecule has 0 aromatic carbocycles. The average Bonchev–Trinajstić information content (AvgIpc) is 2.11. The number of esters is 1. The zero-order valence-corrected chi connectivity index (χ0v) is 8.08. The fourth-order valence-electron chi connectivity index (χ4n) is 0.703. The first-order valence-corrected chi connectivity index (χ1v) is 3.69. The summed E-state index contributed by atoms with van der Waals surface area (Å²) in [7, 11) is 4.02. The number of nitrogens with zero attached hydrogens (tertiary/aromatic N) is 1. The van der Waals surface area contributed by atoms with Crippen LogP contribution in [0, 0.1) is 0 Å². The highest BCUT2D eigenvalue weighted by Crippen LogP contribution is 2.07. The Kier molecular flexibility index (Phi) is 4.76. The van der Waals surface area contributed by atoms with E-state index in [1.807, 2.05) is 0 Å². The lowest BCUT2D eigenvalue weighted by molar-refractivity contribution is -0.139. The minimum Gasteiger partial charge on any atom is -0.465 e. The maximum atomic E-state index is 12.0. The first-order chi connectivity index (χ1) is 6.40. The highest BCUT2D eigenvalue weighted by Gasteiger charge is 2.26. The molecule has 0 aliphatic carbocycles. The molecule has 0 spiro atoms. The molecule has 0 unspecified atom stereocenters. The van der Waals surface area contributed by atoms with Crippen molar-refractivity contribution in [1.82, 2.24) is 4.90 Å². The molecule has 4 nitrogen and oxygen atoms in total. The van der Waals surface area contributed by atoms with E-state index in [1.54, 1.807) is 0 Å². The van der Waals surface area contributed by atoms with Gasteiger partial charge in [-0.05, 0) is 0 Å². The van der Waals surface area contributed by atoms with E-state index in [2.05, 4.69) is 4.74 Å². The van der Waals surface area contributed by atoms with Crippen molar-refractivity contribution in [2.24, 2.45) is 0 Å². The van der Waals surface area contributed by atoms with Crippen LogP contribution >= 0.6 is 0 Å². The van der Waals surface area contributed by atoms with Crippen molar-refractivity contribution in [1.29, 1.82) is 0 Å². The van der Waals surface area contributed by atoms with Gasteiger partial charge in [0, 0.05) is 20.3 Å². The number of hydrogen-bond acceptors (Lipinski definition) is 4. The first kappa shape index (κ1) is 12.5. The fourth-order valence-corrected chi connectivity index (χ4v) is 0.703. The van der Waals surface area contributed by atoms with Crippen LogP contribution in [0.3, 0.4) is 0 Å². The number of Topliss-reactive ketones (excluding diaryl/α,β-unsaturated/α-hetero) is 1. The smallest absolute Gasteiger partial charge is 0.343 e. The highest BCUT2D eigenvalue weighted by atomic mass is 19.3. The normalized spacial score (nSPS) is 11.4. The highest BCUT2D eigenvalue weighted by molar-refractivity contribution is 6.18. The Morgan fingerprint density at radius 2 is 1.86 bits per heavy atom. The van der Waals surface area contributed by atoms with E-state index in [0.717, 1.165) is 13.3 Å². The van der Waals surface area contributed by atoms with Gasteiger partial charge in [-0.1, -0.05) is 0 Å². The molecule has 0 aromatic rings. The lowest BCUT2D eigenvalue weighted by atomic mass is 10.2.